The van der Waals surface area contributed by atoms with Gasteiger partial charge in [-0.05, 0) is 19.8 Å². The van der Waals surface area contributed by atoms with Gasteiger partial charge in [-0.3, -0.25) is 9.48 Å². The fraction of sp³-hybridized carbons (Fsp3) is 0.636. The van der Waals surface area contributed by atoms with E-state index < -0.39 is 6.10 Å². The Morgan fingerprint density at radius 2 is 2.47 bits per heavy atom. The molecule has 0 radical (unpaired) electrons. The summed E-state index contributed by atoms with van der Waals surface area (Å²) < 4.78 is 1.60. The number of likely N-dealkylation sites (tertiary alicyclic amines) is 1. The van der Waals surface area contributed by atoms with Crippen molar-refractivity contribution in [1.29, 1.82) is 0 Å². The number of aliphatic hydroxyl groups is 1. The third-order valence-electron chi connectivity index (χ3n) is 3.05. The number of carbonyl (C=O) groups excluding carboxylic acids is 1. The number of nitrogen functional groups attached to an aromatic ring is 1. The van der Waals surface area contributed by atoms with Crippen LogP contribution in [0.3, 0.4) is 0 Å². The lowest BCUT2D eigenvalue weighted by atomic mass is 10.1. The molecular weight excluding hydrogens is 220 g/mol. The zero-order valence-electron chi connectivity index (χ0n) is 9.96. The number of aryl methyl sites for hydroxylation is 1. The van der Waals surface area contributed by atoms with E-state index in [1.807, 2.05) is 6.92 Å². The van der Waals surface area contributed by atoms with Crippen molar-refractivity contribution in [1.82, 2.24) is 14.7 Å². The van der Waals surface area contributed by atoms with Crippen molar-refractivity contribution in [2.24, 2.45) is 0 Å². The summed E-state index contributed by atoms with van der Waals surface area (Å²) in [4.78, 5) is 13.9. The predicted octanol–water partition coefficient (Wildman–Crippen LogP) is 0.0821. The fourth-order valence-corrected chi connectivity index (χ4v) is 2.16. The van der Waals surface area contributed by atoms with E-state index in [2.05, 4.69) is 5.10 Å². The number of carbonyl (C=O) groups is 1. The molecule has 6 nitrogen and oxygen atoms in total. The topological polar surface area (TPSA) is 84.4 Å². The van der Waals surface area contributed by atoms with Crippen molar-refractivity contribution in [2.75, 3.05) is 18.8 Å². The molecule has 1 aromatic heterocycles. The maximum Gasteiger partial charge on any atom is 0.274 e. The Labute approximate surface area is 100 Å². The summed E-state index contributed by atoms with van der Waals surface area (Å²) in [5.41, 5.74) is 6.60. The number of β-amino-alcohol motifs (C(OH)–C–C–N with tert-alkyl or cyclic N) is 1. The quantitative estimate of drug-likeness (QED) is 0.764. The van der Waals surface area contributed by atoms with E-state index in [0.29, 0.717) is 31.0 Å². The van der Waals surface area contributed by atoms with Crippen molar-refractivity contribution < 1.29 is 9.90 Å². The van der Waals surface area contributed by atoms with E-state index in [0.717, 1.165) is 12.8 Å². The summed E-state index contributed by atoms with van der Waals surface area (Å²) in [6.45, 7) is 3.57. The Kier molecular flexibility index (Phi) is 3.33. The largest absolute Gasteiger partial charge is 0.396 e. The van der Waals surface area contributed by atoms with Gasteiger partial charge < -0.3 is 15.7 Å². The first-order valence-electron chi connectivity index (χ1n) is 5.92. The maximum atomic E-state index is 12.3. The Balaban J connectivity index is 2.21. The van der Waals surface area contributed by atoms with E-state index in [-0.39, 0.29) is 5.91 Å². The molecule has 2 rings (SSSR count). The Morgan fingerprint density at radius 1 is 1.71 bits per heavy atom. The number of nitrogens with zero attached hydrogens (tertiary/aromatic N) is 3. The van der Waals surface area contributed by atoms with Crippen LogP contribution >= 0.6 is 0 Å². The molecule has 0 bridgehead atoms. The van der Waals surface area contributed by atoms with Crippen molar-refractivity contribution in [3.63, 3.8) is 0 Å². The molecule has 1 aliphatic rings. The van der Waals surface area contributed by atoms with Gasteiger partial charge in [0, 0.05) is 19.6 Å². The van der Waals surface area contributed by atoms with Gasteiger partial charge in [-0.2, -0.15) is 5.10 Å². The second kappa shape index (κ2) is 4.75. The molecule has 1 aromatic rings. The third kappa shape index (κ3) is 2.26. The van der Waals surface area contributed by atoms with Crippen molar-refractivity contribution in [3.8, 4) is 0 Å². The summed E-state index contributed by atoms with van der Waals surface area (Å²) in [6, 6.07) is 0. The van der Waals surface area contributed by atoms with Crippen LogP contribution in [0.25, 0.3) is 0 Å². The molecule has 6 heteroatoms. The summed E-state index contributed by atoms with van der Waals surface area (Å²) in [5, 5.41) is 13.6. The van der Waals surface area contributed by atoms with Gasteiger partial charge in [0.15, 0.2) is 0 Å². The molecule has 0 spiro atoms. The molecule has 1 aliphatic heterocycles. The van der Waals surface area contributed by atoms with Crippen molar-refractivity contribution in [2.45, 2.75) is 32.4 Å². The summed E-state index contributed by atoms with van der Waals surface area (Å²) in [6.07, 6.45) is 2.66. The fourth-order valence-electron chi connectivity index (χ4n) is 2.16. The number of rotatable bonds is 2. The van der Waals surface area contributed by atoms with Gasteiger partial charge in [-0.1, -0.05) is 0 Å². The molecule has 2 heterocycles. The van der Waals surface area contributed by atoms with Gasteiger partial charge in [0.2, 0.25) is 0 Å². The van der Waals surface area contributed by atoms with Gasteiger partial charge in [-0.15, -0.1) is 0 Å². The SMILES string of the molecule is CCn1ncc(N)c1C(=O)N1CCCC(O)C1. The number of hydrogen-bond donors (Lipinski definition) is 2. The van der Waals surface area contributed by atoms with Crippen LogP contribution in [-0.4, -0.2) is 44.9 Å². The number of nitrogens with two attached hydrogens (primary N) is 1. The van der Waals surface area contributed by atoms with E-state index in [1.54, 1.807) is 9.58 Å². The highest BCUT2D eigenvalue weighted by Crippen LogP contribution is 2.17. The van der Waals surface area contributed by atoms with E-state index in [1.165, 1.54) is 6.20 Å². The van der Waals surface area contributed by atoms with Gasteiger partial charge in [0.1, 0.15) is 5.69 Å². The van der Waals surface area contributed by atoms with Crippen molar-refractivity contribution >= 4 is 11.6 Å². The summed E-state index contributed by atoms with van der Waals surface area (Å²) in [7, 11) is 0. The normalized spacial score (nSPS) is 20.6. The molecule has 3 N–H and O–H groups in total. The Bertz CT molecular complexity index is 416. The zero-order valence-corrected chi connectivity index (χ0v) is 9.96. The Hall–Kier alpha value is -1.56. The minimum absolute atomic E-state index is 0.138. The van der Waals surface area contributed by atoms with Gasteiger partial charge in [-0.25, -0.2) is 0 Å². The maximum absolute atomic E-state index is 12.3. The van der Waals surface area contributed by atoms with Crippen LogP contribution < -0.4 is 5.73 Å². The standard InChI is InChI=1S/C11H18N4O2/c1-2-15-10(9(12)6-13-15)11(17)14-5-3-4-8(16)7-14/h6,8,16H,2-5,7,12H2,1H3. The van der Waals surface area contributed by atoms with Crippen LogP contribution in [0.1, 0.15) is 30.3 Å². The molecule has 0 aliphatic carbocycles. The highest BCUT2D eigenvalue weighted by Gasteiger charge is 2.26. The molecule has 1 amide bonds. The monoisotopic (exact) mass is 238 g/mol. The number of hydrogen-bond acceptors (Lipinski definition) is 4. The second-order valence-electron chi connectivity index (χ2n) is 4.31. The zero-order chi connectivity index (χ0) is 12.4. The van der Waals surface area contributed by atoms with Crippen LogP contribution in [-0.2, 0) is 6.54 Å². The lowest BCUT2D eigenvalue weighted by molar-refractivity contribution is 0.0464. The minimum Gasteiger partial charge on any atom is -0.396 e. The summed E-state index contributed by atoms with van der Waals surface area (Å²) in [5.74, 6) is -0.138. The molecule has 17 heavy (non-hydrogen) atoms. The molecule has 94 valence electrons. The van der Waals surface area contributed by atoms with Crippen LogP contribution in [0.2, 0.25) is 0 Å². The molecule has 0 aromatic carbocycles. The molecule has 1 unspecified atom stereocenters. The molecule has 1 fully saturated rings. The molecular formula is C11H18N4O2. The van der Waals surface area contributed by atoms with E-state index in [9.17, 15) is 9.90 Å². The average molecular weight is 238 g/mol. The highest BCUT2D eigenvalue weighted by atomic mass is 16.3. The second-order valence-corrected chi connectivity index (χ2v) is 4.31. The molecule has 0 saturated carbocycles. The van der Waals surface area contributed by atoms with Crippen molar-refractivity contribution in [3.05, 3.63) is 11.9 Å². The molecule has 1 atom stereocenters. The highest BCUT2D eigenvalue weighted by molar-refractivity contribution is 5.97. The number of amides is 1. The lowest BCUT2D eigenvalue weighted by Gasteiger charge is -2.30. The number of piperidine rings is 1. The van der Waals surface area contributed by atoms with Crippen LogP contribution in [0.15, 0.2) is 6.20 Å². The average Bonchev–Trinajstić information content (AvgIpc) is 2.69. The smallest absolute Gasteiger partial charge is 0.274 e. The summed E-state index contributed by atoms with van der Waals surface area (Å²) >= 11 is 0. The number of aromatic nitrogens is 2. The van der Waals surface area contributed by atoms with Crippen LogP contribution in [0.5, 0.6) is 0 Å². The minimum atomic E-state index is -0.424. The third-order valence-corrected chi connectivity index (χ3v) is 3.05. The first-order valence-corrected chi connectivity index (χ1v) is 5.92. The lowest BCUT2D eigenvalue weighted by Crippen LogP contribution is -2.43. The van der Waals surface area contributed by atoms with Gasteiger partial charge in [0.05, 0.1) is 18.0 Å². The van der Waals surface area contributed by atoms with Crippen LogP contribution in [0.4, 0.5) is 5.69 Å². The Morgan fingerprint density at radius 3 is 3.12 bits per heavy atom. The van der Waals surface area contributed by atoms with E-state index >= 15 is 0 Å². The predicted molar refractivity (Wildman–Crippen MR) is 63.5 cm³/mol. The molecule has 1 saturated heterocycles. The first kappa shape index (κ1) is 11.9. The van der Waals surface area contributed by atoms with Crippen LogP contribution in [0, 0.1) is 0 Å². The van der Waals surface area contributed by atoms with E-state index in [4.69, 9.17) is 5.73 Å². The number of anilines is 1. The van der Waals surface area contributed by atoms with Gasteiger partial charge >= 0.3 is 0 Å². The van der Waals surface area contributed by atoms with Gasteiger partial charge in [0.25, 0.3) is 5.91 Å². The first-order chi connectivity index (χ1) is 8.13. The number of aliphatic hydroxyl groups excluding tert-OH is 1.